The zero-order valence-corrected chi connectivity index (χ0v) is 11.1. The summed E-state index contributed by atoms with van der Waals surface area (Å²) in [6, 6.07) is 7.03. The minimum Gasteiger partial charge on any atom is -0.314 e. The van der Waals surface area contributed by atoms with E-state index < -0.39 is 0 Å². The first-order valence-electron chi connectivity index (χ1n) is 6.89. The molecule has 1 saturated heterocycles. The van der Waals surface area contributed by atoms with Gasteiger partial charge in [0.1, 0.15) is 0 Å². The minimum absolute atomic E-state index is 0.148. The summed E-state index contributed by atoms with van der Waals surface area (Å²) in [5, 5.41) is 6.90. The molecule has 5 heteroatoms. The third-order valence-electron chi connectivity index (χ3n) is 3.97. The molecule has 1 aliphatic rings. The molecule has 0 aliphatic carbocycles. The zero-order chi connectivity index (χ0) is 13.2. The van der Waals surface area contributed by atoms with Crippen molar-refractivity contribution in [3.63, 3.8) is 0 Å². The van der Waals surface area contributed by atoms with Crippen LogP contribution in [0.1, 0.15) is 30.9 Å². The lowest BCUT2D eigenvalue weighted by Gasteiger charge is -2.20. The Morgan fingerprint density at radius 1 is 1.37 bits per heavy atom. The Kier molecular flexibility index (Phi) is 3.40. The van der Waals surface area contributed by atoms with E-state index in [1.54, 1.807) is 0 Å². The van der Waals surface area contributed by atoms with Gasteiger partial charge in [-0.2, -0.15) is 0 Å². The maximum Gasteiger partial charge on any atom is 0.323 e. The van der Waals surface area contributed by atoms with Gasteiger partial charge in [-0.3, -0.25) is 0 Å². The predicted octanol–water partition coefficient (Wildman–Crippen LogP) is 1.26. The standard InChI is InChI=1S/C14H20N4O/c1-15-12(8-10-3-2-6-16-10)9-4-5-11-13(7-9)18-14(19)17-11/h4-5,7,10,12,15-16H,2-3,6,8H2,1H3,(H2,17,18,19). The number of hydrogen-bond acceptors (Lipinski definition) is 3. The van der Waals surface area contributed by atoms with E-state index in [9.17, 15) is 4.79 Å². The van der Waals surface area contributed by atoms with E-state index >= 15 is 0 Å². The second-order valence-electron chi connectivity index (χ2n) is 5.25. The second-order valence-corrected chi connectivity index (χ2v) is 5.25. The van der Waals surface area contributed by atoms with E-state index in [1.165, 1.54) is 18.4 Å². The number of imidazole rings is 1. The van der Waals surface area contributed by atoms with Crippen LogP contribution in [0.15, 0.2) is 23.0 Å². The van der Waals surface area contributed by atoms with Crippen LogP contribution >= 0.6 is 0 Å². The lowest BCUT2D eigenvalue weighted by Crippen LogP contribution is -2.28. The summed E-state index contributed by atoms with van der Waals surface area (Å²) in [5.41, 5.74) is 2.81. The Hall–Kier alpha value is -1.59. The van der Waals surface area contributed by atoms with E-state index in [2.05, 4.69) is 32.7 Å². The highest BCUT2D eigenvalue weighted by atomic mass is 16.1. The molecule has 19 heavy (non-hydrogen) atoms. The van der Waals surface area contributed by atoms with Gasteiger partial charge in [0.25, 0.3) is 0 Å². The number of hydrogen-bond donors (Lipinski definition) is 4. The molecule has 0 amide bonds. The molecular formula is C14H20N4O. The van der Waals surface area contributed by atoms with Crippen LogP contribution < -0.4 is 16.3 Å². The summed E-state index contributed by atoms with van der Waals surface area (Å²) < 4.78 is 0. The normalized spacial score (nSPS) is 21.0. The summed E-state index contributed by atoms with van der Waals surface area (Å²) in [7, 11) is 1.99. The van der Waals surface area contributed by atoms with Crippen molar-refractivity contribution >= 4 is 11.0 Å². The highest BCUT2D eigenvalue weighted by molar-refractivity contribution is 5.75. The van der Waals surface area contributed by atoms with E-state index in [1.807, 2.05) is 13.1 Å². The number of fused-ring (bicyclic) bond motifs is 1. The third-order valence-corrected chi connectivity index (χ3v) is 3.97. The van der Waals surface area contributed by atoms with Crippen LogP contribution in [0.2, 0.25) is 0 Å². The fourth-order valence-electron chi connectivity index (χ4n) is 2.93. The van der Waals surface area contributed by atoms with Crippen LogP contribution in [0, 0.1) is 0 Å². The van der Waals surface area contributed by atoms with Gasteiger partial charge in [-0.25, -0.2) is 4.79 Å². The number of nitrogens with one attached hydrogen (secondary N) is 4. The van der Waals surface area contributed by atoms with Crippen LogP contribution in [-0.2, 0) is 0 Å². The van der Waals surface area contributed by atoms with Crippen molar-refractivity contribution in [3.8, 4) is 0 Å². The molecule has 4 N–H and O–H groups in total. The van der Waals surface area contributed by atoms with Gasteiger partial charge in [-0.1, -0.05) is 6.07 Å². The third kappa shape index (κ3) is 2.57. The molecule has 3 rings (SSSR count). The largest absolute Gasteiger partial charge is 0.323 e. The monoisotopic (exact) mass is 260 g/mol. The van der Waals surface area contributed by atoms with Gasteiger partial charge in [0.2, 0.25) is 0 Å². The molecule has 2 aromatic rings. The van der Waals surface area contributed by atoms with Crippen LogP contribution in [-0.4, -0.2) is 29.6 Å². The first-order chi connectivity index (χ1) is 9.26. The Balaban J connectivity index is 1.84. The Bertz CT molecular complexity index is 609. The van der Waals surface area contributed by atoms with Crippen molar-refractivity contribution in [2.75, 3.05) is 13.6 Å². The van der Waals surface area contributed by atoms with E-state index in [4.69, 9.17) is 0 Å². The van der Waals surface area contributed by atoms with E-state index in [-0.39, 0.29) is 5.69 Å². The number of aromatic nitrogens is 2. The molecule has 0 saturated carbocycles. The first-order valence-corrected chi connectivity index (χ1v) is 6.89. The molecule has 2 heterocycles. The average Bonchev–Trinajstić information content (AvgIpc) is 3.02. The van der Waals surface area contributed by atoms with Gasteiger partial charge < -0.3 is 20.6 Å². The van der Waals surface area contributed by atoms with E-state index in [0.717, 1.165) is 24.0 Å². The van der Waals surface area contributed by atoms with Crippen LogP contribution in [0.25, 0.3) is 11.0 Å². The number of benzene rings is 1. The molecule has 5 nitrogen and oxygen atoms in total. The van der Waals surface area contributed by atoms with Crippen LogP contribution in [0.3, 0.4) is 0 Å². The van der Waals surface area contributed by atoms with Gasteiger partial charge in [-0.15, -0.1) is 0 Å². The zero-order valence-electron chi connectivity index (χ0n) is 11.1. The molecular weight excluding hydrogens is 240 g/mol. The first kappa shape index (κ1) is 12.4. The predicted molar refractivity (Wildman–Crippen MR) is 76.4 cm³/mol. The van der Waals surface area contributed by atoms with Gasteiger partial charge in [0.05, 0.1) is 11.0 Å². The van der Waals surface area contributed by atoms with Crippen LogP contribution in [0.4, 0.5) is 0 Å². The summed E-state index contributed by atoms with van der Waals surface area (Å²) in [5.74, 6) is 0. The van der Waals surface area contributed by atoms with Crippen molar-refractivity contribution in [1.29, 1.82) is 0 Å². The van der Waals surface area contributed by atoms with Gasteiger partial charge in [-0.05, 0) is 50.6 Å². The number of aromatic amines is 2. The molecule has 2 unspecified atom stereocenters. The summed E-state index contributed by atoms with van der Waals surface area (Å²) in [6.45, 7) is 1.13. The van der Waals surface area contributed by atoms with Crippen LogP contribution in [0.5, 0.6) is 0 Å². The van der Waals surface area contributed by atoms with Crippen molar-refractivity contribution < 1.29 is 0 Å². The highest BCUT2D eigenvalue weighted by Crippen LogP contribution is 2.23. The molecule has 2 atom stereocenters. The molecule has 1 aromatic heterocycles. The van der Waals surface area contributed by atoms with Crippen molar-refractivity contribution in [2.24, 2.45) is 0 Å². The SMILES string of the molecule is CNC(CC1CCCN1)c1ccc2[nH]c(=O)[nH]c2c1. The van der Waals surface area contributed by atoms with E-state index in [0.29, 0.717) is 12.1 Å². The topological polar surface area (TPSA) is 72.7 Å². The fourth-order valence-corrected chi connectivity index (χ4v) is 2.93. The van der Waals surface area contributed by atoms with Gasteiger partial charge in [0, 0.05) is 12.1 Å². The van der Waals surface area contributed by atoms with Crippen molar-refractivity contribution in [1.82, 2.24) is 20.6 Å². The van der Waals surface area contributed by atoms with Gasteiger partial charge in [0.15, 0.2) is 0 Å². The second kappa shape index (κ2) is 5.19. The fraction of sp³-hybridized carbons (Fsp3) is 0.500. The summed E-state index contributed by atoms with van der Waals surface area (Å²) >= 11 is 0. The molecule has 0 radical (unpaired) electrons. The quantitative estimate of drug-likeness (QED) is 0.668. The molecule has 1 aromatic carbocycles. The molecule has 1 fully saturated rings. The number of rotatable bonds is 4. The molecule has 102 valence electrons. The average molecular weight is 260 g/mol. The van der Waals surface area contributed by atoms with Gasteiger partial charge >= 0.3 is 5.69 Å². The molecule has 1 aliphatic heterocycles. The number of H-pyrrole nitrogens is 2. The Morgan fingerprint density at radius 2 is 2.21 bits per heavy atom. The maximum atomic E-state index is 11.3. The Morgan fingerprint density at radius 3 is 2.95 bits per heavy atom. The molecule has 0 bridgehead atoms. The summed E-state index contributed by atoms with van der Waals surface area (Å²) in [6.07, 6.45) is 3.60. The highest BCUT2D eigenvalue weighted by Gasteiger charge is 2.20. The minimum atomic E-state index is -0.148. The smallest absolute Gasteiger partial charge is 0.314 e. The lowest BCUT2D eigenvalue weighted by atomic mass is 9.98. The summed E-state index contributed by atoms with van der Waals surface area (Å²) in [4.78, 5) is 16.9. The van der Waals surface area contributed by atoms with Crippen molar-refractivity contribution in [3.05, 3.63) is 34.2 Å². The van der Waals surface area contributed by atoms with Crippen molar-refractivity contribution in [2.45, 2.75) is 31.3 Å². The molecule has 0 spiro atoms. The Labute approximate surface area is 111 Å². The maximum absolute atomic E-state index is 11.3. The lowest BCUT2D eigenvalue weighted by molar-refractivity contribution is 0.454.